The first-order valence-electron chi connectivity index (χ1n) is 6.60. The van der Waals surface area contributed by atoms with Gasteiger partial charge in [0.2, 0.25) is 0 Å². The van der Waals surface area contributed by atoms with E-state index in [1.807, 2.05) is 48.5 Å². The van der Waals surface area contributed by atoms with E-state index < -0.39 is 0 Å². The molecule has 2 aromatic heterocycles. The Balaban J connectivity index is 1.61. The Bertz CT molecular complexity index is 879. The number of hydrogen-bond acceptors (Lipinski definition) is 4. The molecule has 0 aliphatic heterocycles. The number of aromatic nitrogens is 3. The second-order valence-electron chi connectivity index (χ2n) is 4.69. The van der Waals surface area contributed by atoms with Crippen LogP contribution in [0.15, 0.2) is 65.3 Å². The molecule has 2 N–H and O–H groups in total. The summed E-state index contributed by atoms with van der Waals surface area (Å²) in [4.78, 5) is 4.25. The van der Waals surface area contributed by atoms with Crippen LogP contribution in [0.1, 0.15) is 0 Å². The number of benzene rings is 2. The normalized spacial score (nSPS) is 10.9. The van der Waals surface area contributed by atoms with Gasteiger partial charge in [0.05, 0.1) is 17.9 Å². The number of anilines is 2. The molecule has 0 saturated heterocycles. The number of rotatable bonds is 3. The third kappa shape index (κ3) is 2.25. The molecule has 2 aromatic carbocycles. The van der Waals surface area contributed by atoms with E-state index >= 15 is 0 Å². The van der Waals surface area contributed by atoms with Crippen LogP contribution in [-0.4, -0.2) is 15.2 Å². The van der Waals surface area contributed by atoms with Crippen molar-refractivity contribution in [3.63, 3.8) is 0 Å². The second kappa shape index (κ2) is 4.79. The quantitative estimate of drug-likeness (QED) is 0.594. The topological polar surface area (TPSA) is 66.7 Å². The molecule has 4 aromatic rings. The minimum atomic E-state index is 0.469. The highest BCUT2D eigenvalue weighted by molar-refractivity contribution is 5.82. The fourth-order valence-corrected chi connectivity index (χ4v) is 2.21. The van der Waals surface area contributed by atoms with Gasteiger partial charge in [0.1, 0.15) is 0 Å². The lowest BCUT2D eigenvalue weighted by Crippen LogP contribution is -1.89. The first-order valence-corrected chi connectivity index (χ1v) is 6.60. The van der Waals surface area contributed by atoms with Crippen molar-refractivity contribution < 1.29 is 4.42 Å². The summed E-state index contributed by atoms with van der Waals surface area (Å²) in [7, 11) is 0. The monoisotopic (exact) mass is 276 g/mol. The van der Waals surface area contributed by atoms with Gasteiger partial charge >= 0.3 is 0 Å². The minimum Gasteiger partial charge on any atom is -0.423 e. The summed E-state index contributed by atoms with van der Waals surface area (Å²) < 4.78 is 5.72. The maximum Gasteiger partial charge on any atom is 0.299 e. The Kier molecular flexibility index (Phi) is 2.67. The second-order valence-corrected chi connectivity index (χ2v) is 4.69. The maximum atomic E-state index is 5.72. The van der Waals surface area contributed by atoms with Crippen LogP contribution in [0.2, 0.25) is 0 Å². The van der Waals surface area contributed by atoms with E-state index in [2.05, 4.69) is 20.5 Å². The summed E-state index contributed by atoms with van der Waals surface area (Å²) in [6.07, 6.45) is 3.50. The van der Waals surface area contributed by atoms with Crippen LogP contribution in [0.25, 0.3) is 22.2 Å². The molecule has 0 radical (unpaired) electrons. The van der Waals surface area contributed by atoms with Crippen LogP contribution >= 0.6 is 0 Å². The third-order valence-corrected chi connectivity index (χ3v) is 3.26. The largest absolute Gasteiger partial charge is 0.423 e. The number of nitrogens with zero attached hydrogens (tertiary/aromatic N) is 2. The fourth-order valence-electron chi connectivity index (χ4n) is 2.21. The zero-order chi connectivity index (χ0) is 14.1. The minimum absolute atomic E-state index is 0.469. The van der Waals surface area contributed by atoms with E-state index in [0.29, 0.717) is 6.01 Å². The number of aromatic amines is 1. The Morgan fingerprint density at radius 3 is 2.81 bits per heavy atom. The van der Waals surface area contributed by atoms with E-state index in [4.69, 9.17) is 4.42 Å². The molecule has 102 valence electrons. The van der Waals surface area contributed by atoms with Gasteiger partial charge in [0, 0.05) is 16.6 Å². The lowest BCUT2D eigenvalue weighted by molar-refractivity contribution is 0.592. The fraction of sp³-hybridized carbons (Fsp3) is 0. The highest BCUT2D eigenvalue weighted by Gasteiger charge is 2.06. The zero-order valence-electron chi connectivity index (χ0n) is 11.1. The van der Waals surface area contributed by atoms with E-state index in [9.17, 15) is 0 Å². The molecule has 0 saturated carbocycles. The number of hydrogen-bond donors (Lipinski definition) is 2. The van der Waals surface area contributed by atoms with E-state index in [-0.39, 0.29) is 0 Å². The first kappa shape index (κ1) is 11.7. The number of nitrogens with one attached hydrogen (secondary N) is 2. The summed E-state index contributed by atoms with van der Waals surface area (Å²) in [6.45, 7) is 0. The van der Waals surface area contributed by atoms with Crippen LogP contribution in [-0.2, 0) is 0 Å². The van der Waals surface area contributed by atoms with Crippen LogP contribution < -0.4 is 5.32 Å². The molecule has 0 aliphatic rings. The van der Waals surface area contributed by atoms with Gasteiger partial charge in [-0.15, -0.1) is 0 Å². The average Bonchev–Trinajstić information content (AvgIpc) is 3.17. The predicted molar refractivity (Wildman–Crippen MR) is 81.3 cm³/mol. The highest BCUT2D eigenvalue weighted by Crippen LogP contribution is 2.25. The summed E-state index contributed by atoms with van der Waals surface area (Å²) in [5.41, 5.74) is 2.91. The van der Waals surface area contributed by atoms with Crippen molar-refractivity contribution in [2.24, 2.45) is 0 Å². The van der Waals surface area contributed by atoms with Crippen LogP contribution in [0.3, 0.4) is 0 Å². The molecule has 5 nitrogen and oxygen atoms in total. The summed E-state index contributed by atoms with van der Waals surface area (Å²) in [5.74, 6) is 0.738. The van der Waals surface area contributed by atoms with Crippen molar-refractivity contribution in [3.05, 3.63) is 60.9 Å². The predicted octanol–water partition coefficient (Wildman–Crippen LogP) is 3.96. The standard InChI is InChI=1S/C16H12N4O/c1-2-4-11(5-3-1)15-10-17-16(21-15)19-13-6-7-14-12(8-13)9-18-20-14/h1-10H,(H,17,19)(H,18,20). The molecule has 5 heteroatoms. The van der Waals surface area contributed by atoms with Crippen molar-refractivity contribution in [2.45, 2.75) is 0 Å². The number of H-pyrrole nitrogens is 1. The van der Waals surface area contributed by atoms with Gasteiger partial charge in [-0.1, -0.05) is 30.3 Å². The highest BCUT2D eigenvalue weighted by atomic mass is 16.4. The molecule has 0 aliphatic carbocycles. The Morgan fingerprint density at radius 2 is 1.90 bits per heavy atom. The number of oxazole rings is 1. The van der Waals surface area contributed by atoms with Gasteiger partial charge in [0.15, 0.2) is 5.76 Å². The lowest BCUT2D eigenvalue weighted by atomic mass is 10.2. The molecule has 0 bridgehead atoms. The molecule has 0 spiro atoms. The smallest absolute Gasteiger partial charge is 0.299 e. The van der Waals surface area contributed by atoms with Crippen molar-refractivity contribution in [3.8, 4) is 11.3 Å². The SMILES string of the molecule is c1ccc(-c2cnc(Nc3ccc4[nH]ncc4c3)o2)cc1. The maximum absolute atomic E-state index is 5.72. The third-order valence-electron chi connectivity index (χ3n) is 3.26. The molecule has 0 atom stereocenters. The lowest BCUT2D eigenvalue weighted by Gasteiger charge is -2.01. The summed E-state index contributed by atoms with van der Waals surface area (Å²) >= 11 is 0. The van der Waals surface area contributed by atoms with Crippen LogP contribution in [0.4, 0.5) is 11.7 Å². The van der Waals surface area contributed by atoms with Crippen LogP contribution in [0.5, 0.6) is 0 Å². The average molecular weight is 276 g/mol. The van der Waals surface area contributed by atoms with Gasteiger partial charge in [-0.25, -0.2) is 4.98 Å². The molecule has 21 heavy (non-hydrogen) atoms. The number of fused-ring (bicyclic) bond motifs is 1. The molecular weight excluding hydrogens is 264 g/mol. The van der Waals surface area contributed by atoms with Gasteiger partial charge < -0.3 is 9.73 Å². The molecule has 0 amide bonds. The van der Waals surface area contributed by atoms with Gasteiger partial charge in [-0.05, 0) is 18.2 Å². The summed E-state index contributed by atoms with van der Waals surface area (Å²) in [6, 6.07) is 16.3. The molecular formula is C16H12N4O. The zero-order valence-corrected chi connectivity index (χ0v) is 11.1. The van der Waals surface area contributed by atoms with E-state index in [1.54, 1.807) is 12.4 Å². The molecule has 0 unspecified atom stereocenters. The Morgan fingerprint density at radius 1 is 1.00 bits per heavy atom. The summed E-state index contributed by atoms with van der Waals surface area (Å²) in [5, 5.41) is 11.1. The van der Waals surface area contributed by atoms with Crippen molar-refractivity contribution >= 4 is 22.6 Å². The molecule has 0 fully saturated rings. The van der Waals surface area contributed by atoms with Gasteiger partial charge in [-0.3, -0.25) is 5.10 Å². The Hall–Kier alpha value is -3.08. The van der Waals surface area contributed by atoms with Gasteiger partial charge in [0.25, 0.3) is 6.01 Å². The van der Waals surface area contributed by atoms with E-state index in [1.165, 1.54) is 0 Å². The van der Waals surface area contributed by atoms with Gasteiger partial charge in [-0.2, -0.15) is 5.10 Å². The van der Waals surface area contributed by atoms with E-state index in [0.717, 1.165) is 27.9 Å². The van der Waals surface area contributed by atoms with Crippen molar-refractivity contribution in [2.75, 3.05) is 5.32 Å². The Labute approximate surface area is 120 Å². The molecule has 4 rings (SSSR count). The van der Waals surface area contributed by atoms with Crippen molar-refractivity contribution in [1.82, 2.24) is 15.2 Å². The molecule has 2 heterocycles. The van der Waals surface area contributed by atoms with Crippen molar-refractivity contribution in [1.29, 1.82) is 0 Å². The first-order chi connectivity index (χ1) is 10.4. The van der Waals surface area contributed by atoms with Crippen LogP contribution in [0, 0.1) is 0 Å².